The second-order valence-electron chi connectivity index (χ2n) is 8.71. The molecule has 5 nitrogen and oxygen atoms in total. The Morgan fingerprint density at radius 1 is 1.28 bits per heavy atom. The van der Waals surface area contributed by atoms with Crippen molar-refractivity contribution >= 4 is 28.8 Å². The molecule has 1 saturated heterocycles. The fraction of sp³-hybridized carbons (Fsp3) is 0.308. The Morgan fingerprint density at radius 3 is 2.97 bits per heavy atom. The molecule has 1 N–H and O–H groups in total. The van der Waals surface area contributed by atoms with E-state index in [9.17, 15) is 9.18 Å². The zero-order chi connectivity index (χ0) is 22.1. The Bertz CT molecular complexity index is 1210. The summed E-state index contributed by atoms with van der Waals surface area (Å²) in [4.78, 5) is 19.0. The van der Waals surface area contributed by atoms with Crippen LogP contribution in [0, 0.1) is 11.7 Å². The minimum Gasteiger partial charge on any atom is -0.464 e. The van der Waals surface area contributed by atoms with Crippen LogP contribution < -0.4 is 5.32 Å². The van der Waals surface area contributed by atoms with Gasteiger partial charge in [-0.2, -0.15) is 0 Å². The summed E-state index contributed by atoms with van der Waals surface area (Å²) in [6.45, 7) is 5.44. The van der Waals surface area contributed by atoms with Crippen LogP contribution in [0.4, 0.5) is 10.2 Å². The number of benzene rings is 1. The Kier molecular flexibility index (Phi) is 5.52. The predicted molar refractivity (Wildman–Crippen MR) is 124 cm³/mol. The molecule has 0 radical (unpaired) electrons. The SMILES string of the molecule is C=C1CCc2cc(/C=C/C(=O)N3CCC(Cc4coc5cc(F)ccc45)CC3)cnc2N1. The molecule has 0 saturated carbocycles. The van der Waals surface area contributed by atoms with E-state index in [1.54, 1.807) is 24.6 Å². The van der Waals surface area contributed by atoms with E-state index >= 15 is 0 Å². The number of hydrogen-bond acceptors (Lipinski definition) is 4. The van der Waals surface area contributed by atoms with E-state index in [-0.39, 0.29) is 11.7 Å². The molecule has 0 aliphatic carbocycles. The molecule has 1 amide bonds. The van der Waals surface area contributed by atoms with Gasteiger partial charge in [0, 0.05) is 42.5 Å². The number of carbonyl (C=O) groups excluding carboxylic acids is 1. The van der Waals surface area contributed by atoms with Gasteiger partial charge in [-0.1, -0.05) is 6.58 Å². The number of allylic oxidation sites excluding steroid dienone is 1. The monoisotopic (exact) mass is 431 g/mol. The molecule has 1 fully saturated rings. The normalized spacial score (nSPS) is 17.0. The first kappa shape index (κ1) is 20.5. The number of rotatable bonds is 4. The highest BCUT2D eigenvalue weighted by Crippen LogP contribution is 2.29. The third-order valence-electron chi connectivity index (χ3n) is 6.45. The molecule has 3 aromatic rings. The van der Waals surface area contributed by atoms with E-state index in [4.69, 9.17) is 4.42 Å². The van der Waals surface area contributed by atoms with Gasteiger partial charge < -0.3 is 14.6 Å². The molecule has 0 unspecified atom stereocenters. The fourth-order valence-corrected chi connectivity index (χ4v) is 4.60. The summed E-state index contributed by atoms with van der Waals surface area (Å²) >= 11 is 0. The van der Waals surface area contributed by atoms with Gasteiger partial charge in [0.25, 0.3) is 0 Å². The lowest BCUT2D eigenvalue weighted by Gasteiger charge is -2.31. The Morgan fingerprint density at radius 2 is 2.12 bits per heavy atom. The van der Waals surface area contributed by atoms with Crippen molar-refractivity contribution < 1.29 is 13.6 Å². The number of anilines is 1. The maximum atomic E-state index is 13.4. The summed E-state index contributed by atoms with van der Waals surface area (Å²) in [6, 6.07) is 6.77. The molecule has 0 spiro atoms. The Hall–Kier alpha value is -3.41. The third-order valence-corrected chi connectivity index (χ3v) is 6.45. The number of carbonyl (C=O) groups is 1. The quantitative estimate of drug-likeness (QED) is 0.567. The molecule has 2 aromatic heterocycles. The first-order chi connectivity index (χ1) is 15.5. The third kappa shape index (κ3) is 4.31. The Balaban J connectivity index is 1.16. The number of nitrogens with zero attached hydrogens (tertiary/aromatic N) is 2. The molecule has 2 aliphatic rings. The molecule has 5 rings (SSSR count). The van der Waals surface area contributed by atoms with E-state index in [2.05, 4.69) is 22.9 Å². The van der Waals surface area contributed by atoms with E-state index in [1.807, 2.05) is 11.0 Å². The zero-order valence-corrected chi connectivity index (χ0v) is 17.9. The molecular formula is C26H26FN3O2. The summed E-state index contributed by atoms with van der Waals surface area (Å²) in [6.07, 6.45) is 11.6. The van der Waals surface area contributed by atoms with Crippen molar-refractivity contribution in [3.63, 3.8) is 0 Å². The number of piperidine rings is 1. The molecule has 4 heterocycles. The van der Waals surface area contributed by atoms with Crippen molar-refractivity contribution in [2.75, 3.05) is 18.4 Å². The lowest BCUT2D eigenvalue weighted by molar-refractivity contribution is -0.127. The Labute approximate surface area is 186 Å². The van der Waals surface area contributed by atoms with Crippen molar-refractivity contribution in [2.45, 2.75) is 32.1 Å². The highest BCUT2D eigenvalue weighted by atomic mass is 19.1. The van der Waals surface area contributed by atoms with E-state index in [0.717, 1.165) is 78.8 Å². The van der Waals surface area contributed by atoms with Gasteiger partial charge in [0.05, 0.1) is 6.26 Å². The van der Waals surface area contributed by atoms with Gasteiger partial charge in [-0.25, -0.2) is 9.37 Å². The standard InChI is InChI=1S/C26H26FN3O2/c1-17-2-4-20-13-19(15-28-26(20)29-17)3-7-25(31)30-10-8-18(9-11-30)12-21-16-32-24-14-22(27)5-6-23(21)24/h3,5-7,13-16,18H,1-2,4,8-12H2,(H,28,29)/b7-3+. The van der Waals surface area contributed by atoms with E-state index in [0.29, 0.717) is 11.5 Å². The highest BCUT2D eigenvalue weighted by molar-refractivity contribution is 5.91. The van der Waals surface area contributed by atoms with Gasteiger partial charge in [-0.3, -0.25) is 4.79 Å². The van der Waals surface area contributed by atoms with Crippen molar-refractivity contribution in [2.24, 2.45) is 5.92 Å². The second kappa shape index (κ2) is 8.61. The van der Waals surface area contributed by atoms with Crippen LogP contribution in [0.2, 0.25) is 0 Å². The lowest BCUT2D eigenvalue weighted by atomic mass is 9.90. The van der Waals surface area contributed by atoms with Gasteiger partial charge in [-0.05, 0) is 79.0 Å². The fourth-order valence-electron chi connectivity index (χ4n) is 4.60. The number of aryl methyl sites for hydroxylation is 1. The number of likely N-dealkylation sites (tertiary alicyclic amines) is 1. The summed E-state index contributed by atoms with van der Waals surface area (Å²) in [7, 11) is 0. The van der Waals surface area contributed by atoms with Crippen molar-refractivity contribution in [3.05, 3.63) is 77.6 Å². The molecule has 6 heteroatoms. The van der Waals surface area contributed by atoms with Crippen LogP contribution in [-0.4, -0.2) is 28.9 Å². The number of furan rings is 1. The topological polar surface area (TPSA) is 58.4 Å². The van der Waals surface area contributed by atoms with Crippen LogP contribution in [0.1, 0.15) is 36.0 Å². The van der Waals surface area contributed by atoms with Crippen LogP contribution in [0.5, 0.6) is 0 Å². The van der Waals surface area contributed by atoms with Gasteiger partial charge in [0.2, 0.25) is 5.91 Å². The molecule has 164 valence electrons. The minimum atomic E-state index is -0.285. The smallest absolute Gasteiger partial charge is 0.246 e. The van der Waals surface area contributed by atoms with E-state index < -0.39 is 0 Å². The first-order valence-electron chi connectivity index (χ1n) is 11.1. The molecular weight excluding hydrogens is 405 g/mol. The second-order valence-corrected chi connectivity index (χ2v) is 8.71. The maximum Gasteiger partial charge on any atom is 0.246 e. The molecule has 0 bridgehead atoms. The van der Waals surface area contributed by atoms with Gasteiger partial charge in [-0.15, -0.1) is 0 Å². The first-order valence-corrected chi connectivity index (χ1v) is 11.1. The van der Waals surface area contributed by atoms with Crippen molar-refractivity contribution in [1.82, 2.24) is 9.88 Å². The number of hydrogen-bond donors (Lipinski definition) is 1. The summed E-state index contributed by atoms with van der Waals surface area (Å²) in [5, 5.41) is 4.19. The predicted octanol–water partition coefficient (Wildman–Crippen LogP) is 5.33. The minimum absolute atomic E-state index is 0.0388. The van der Waals surface area contributed by atoms with Gasteiger partial charge >= 0.3 is 0 Å². The average molecular weight is 432 g/mol. The van der Waals surface area contributed by atoms with Crippen LogP contribution in [0.25, 0.3) is 17.0 Å². The van der Waals surface area contributed by atoms with Gasteiger partial charge in [0.1, 0.15) is 17.2 Å². The van der Waals surface area contributed by atoms with Crippen molar-refractivity contribution in [1.29, 1.82) is 0 Å². The number of nitrogens with one attached hydrogen (secondary N) is 1. The summed E-state index contributed by atoms with van der Waals surface area (Å²) in [5.74, 6) is 1.10. The number of aromatic nitrogens is 1. The summed E-state index contributed by atoms with van der Waals surface area (Å²) < 4.78 is 18.9. The zero-order valence-electron chi connectivity index (χ0n) is 17.9. The number of amides is 1. The molecule has 2 aliphatic heterocycles. The van der Waals surface area contributed by atoms with Crippen LogP contribution >= 0.6 is 0 Å². The summed E-state index contributed by atoms with van der Waals surface area (Å²) in [5.41, 5.74) is 4.78. The number of pyridine rings is 1. The number of halogens is 1. The molecule has 32 heavy (non-hydrogen) atoms. The van der Waals surface area contributed by atoms with Crippen LogP contribution in [-0.2, 0) is 17.6 Å². The number of fused-ring (bicyclic) bond motifs is 2. The van der Waals surface area contributed by atoms with Crippen molar-refractivity contribution in [3.8, 4) is 0 Å². The molecule has 1 aromatic carbocycles. The average Bonchev–Trinajstić information content (AvgIpc) is 3.19. The maximum absolute atomic E-state index is 13.4. The van der Waals surface area contributed by atoms with Gasteiger partial charge in [0.15, 0.2) is 0 Å². The van der Waals surface area contributed by atoms with E-state index in [1.165, 1.54) is 12.1 Å². The van der Waals surface area contributed by atoms with Crippen LogP contribution in [0.15, 0.2) is 59.5 Å². The van der Waals surface area contributed by atoms with Crippen LogP contribution in [0.3, 0.4) is 0 Å². The largest absolute Gasteiger partial charge is 0.464 e. The lowest BCUT2D eigenvalue weighted by Crippen LogP contribution is -2.37. The molecule has 0 atom stereocenters. The highest BCUT2D eigenvalue weighted by Gasteiger charge is 2.23.